The lowest BCUT2D eigenvalue weighted by atomic mass is 10.2. The Balaban J connectivity index is 2.21. The first-order valence-corrected chi connectivity index (χ1v) is 6.33. The van der Waals surface area contributed by atoms with Crippen molar-refractivity contribution >= 4 is 27.9 Å². The van der Waals surface area contributed by atoms with Crippen LogP contribution in [-0.2, 0) is 13.6 Å². The maximum atomic E-state index is 10.7. The van der Waals surface area contributed by atoms with Gasteiger partial charge in [-0.25, -0.2) is 4.98 Å². The number of aromatic nitrogens is 2. The normalized spacial score (nSPS) is 10.4. The molecule has 0 aliphatic rings. The van der Waals surface area contributed by atoms with E-state index in [1.54, 1.807) is 6.20 Å². The van der Waals surface area contributed by atoms with E-state index >= 15 is 0 Å². The fourth-order valence-electron chi connectivity index (χ4n) is 1.75. The summed E-state index contributed by atoms with van der Waals surface area (Å²) in [7, 11) is 3.97. The van der Waals surface area contributed by atoms with Gasteiger partial charge in [0.05, 0.1) is 12.2 Å². The van der Waals surface area contributed by atoms with Crippen LogP contribution >= 0.6 is 15.9 Å². The Labute approximate surface area is 114 Å². The number of carbonyl (C=O) groups excluding carboxylic acids is 1. The molecule has 0 unspecified atom stereocenters. The van der Waals surface area contributed by atoms with E-state index in [1.165, 1.54) is 0 Å². The van der Waals surface area contributed by atoms with E-state index in [0.717, 1.165) is 22.3 Å². The van der Waals surface area contributed by atoms with E-state index in [9.17, 15) is 4.79 Å². The molecule has 18 heavy (non-hydrogen) atoms. The minimum atomic E-state index is 0.663. The smallest absolute Gasteiger partial charge is 0.150 e. The van der Waals surface area contributed by atoms with E-state index in [-0.39, 0.29) is 0 Å². The molecule has 0 aliphatic carbocycles. The molecule has 0 N–H and O–H groups in total. The van der Waals surface area contributed by atoms with E-state index < -0.39 is 0 Å². The summed E-state index contributed by atoms with van der Waals surface area (Å²) in [5.41, 5.74) is 1.69. The van der Waals surface area contributed by atoms with Gasteiger partial charge in [-0.15, -0.1) is 0 Å². The summed E-state index contributed by atoms with van der Waals surface area (Å²) in [6.07, 6.45) is 4.55. The van der Waals surface area contributed by atoms with Gasteiger partial charge >= 0.3 is 0 Å². The summed E-state index contributed by atoms with van der Waals surface area (Å²) < 4.78 is 2.90. The van der Waals surface area contributed by atoms with Crippen molar-refractivity contribution in [3.05, 3.63) is 46.5 Å². The lowest BCUT2D eigenvalue weighted by Gasteiger charge is -2.20. The van der Waals surface area contributed by atoms with Gasteiger partial charge in [0.15, 0.2) is 0 Å². The van der Waals surface area contributed by atoms with Crippen LogP contribution in [0.25, 0.3) is 0 Å². The molecule has 1 aromatic carbocycles. The van der Waals surface area contributed by atoms with Crippen LogP contribution in [0, 0.1) is 0 Å². The van der Waals surface area contributed by atoms with Crippen molar-refractivity contribution in [2.24, 2.45) is 7.05 Å². The Hall–Kier alpha value is -1.62. The molecule has 0 fully saturated rings. The number of aryl methyl sites for hydroxylation is 1. The first-order valence-electron chi connectivity index (χ1n) is 5.54. The summed E-state index contributed by atoms with van der Waals surface area (Å²) >= 11 is 3.48. The molecule has 2 aromatic rings. The average Bonchev–Trinajstić information content (AvgIpc) is 2.74. The monoisotopic (exact) mass is 307 g/mol. The molecule has 0 amide bonds. The molecular weight excluding hydrogens is 294 g/mol. The second-order valence-electron chi connectivity index (χ2n) is 4.14. The molecule has 2 rings (SSSR count). The Morgan fingerprint density at radius 2 is 2.28 bits per heavy atom. The van der Waals surface area contributed by atoms with Crippen LogP contribution in [0.2, 0.25) is 0 Å². The second kappa shape index (κ2) is 5.35. The zero-order valence-electron chi connectivity index (χ0n) is 10.3. The number of hydrogen-bond acceptors (Lipinski definition) is 3. The molecule has 4 nitrogen and oxygen atoms in total. The lowest BCUT2D eigenvalue weighted by Crippen LogP contribution is -2.19. The summed E-state index contributed by atoms with van der Waals surface area (Å²) in [5, 5.41) is 0. The van der Waals surface area contributed by atoms with Crippen LogP contribution < -0.4 is 4.90 Å². The van der Waals surface area contributed by atoms with Gasteiger partial charge in [0.25, 0.3) is 0 Å². The molecule has 0 bridgehead atoms. The van der Waals surface area contributed by atoms with Crippen molar-refractivity contribution in [3.8, 4) is 0 Å². The van der Waals surface area contributed by atoms with Crippen LogP contribution in [-0.4, -0.2) is 22.9 Å². The van der Waals surface area contributed by atoms with Gasteiger partial charge in [-0.2, -0.15) is 0 Å². The molecule has 0 spiro atoms. The Morgan fingerprint density at radius 1 is 1.50 bits per heavy atom. The number of anilines is 1. The first-order chi connectivity index (χ1) is 8.61. The fourth-order valence-corrected chi connectivity index (χ4v) is 2.45. The first kappa shape index (κ1) is 12.8. The third-order valence-electron chi connectivity index (χ3n) is 2.82. The number of benzene rings is 1. The third kappa shape index (κ3) is 2.61. The van der Waals surface area contributed by atoms with Gasteiger partial charge in [-0.3, -0.25) is 4.79 Å². The highest BCUT2D eigenvalue weighted by Crippen LogP contribution is 2.27. The minimum absolute atomic E-state index is 0.663. The van der Waals surface area contributed by atoms with Crippen molar-refractivity contribution in [2.45, 2.75) is 6.54 Å². The number of nitrogens with zero attached hydrogens (tertiary/aromatic N) is 3. The van der Waals surface area contributed by atoms with Crippen LogP contribution in [0.4, 0.5) is 5.69 Å². The summed E-state index contributed by atoms with van der Waals surface area (Å²) in [5.74, 6) is 0.990. The van der Waals surface area contributed by atoms with Crippen LogP contribution in [0.1, 0.15) is 16.2 Å². The van der Waals surface area contributed by atoms with Crippen molar-refractivity contribution in [3.63, 3.8) is 0 Å². The minimum Gasteiger partial charge on any atom is -0.366 e. The highest BCUT2D eigenvalue weighted by molar-refractivity contribution is 9.10. The Bertz CT molecular complexity index is 565. The molecular formula is C13H14BrN3O. The standard InChI is InChI=1S/C13H14BrN3O/c1-16-6-5-15-13(16)8-17(2)12-4-3-10(9-18)7-11(12)14/h3-7,9H,8H2,1-2H3. The van der Waals surface area contributed by atoms with Crippen LogP contribution in [0.15, 0.2) is 35.1 Å². The Kier molecular flexibility index (Phi) is 3.81. The van der Waals surface area contributed by atoms with Gasteiger partial charge in [-0.1, -0.05) is 0 Å². The number of imidazole rings is 1. The van der Waals surface area contributed by atoms with Gasteiger partial charge in [0, 0.05) is 36.5 Å². The predicted molar refractivity (Wildman–Crippen MR) is 74.8 cm³/mol. The van der Waals surface area contributed by atoms with Crippen LogP contribution in [0.5, 0.6) is 0 Å². The highest BCUT2D eigenvalue weighted by atomic mass is 79.9. The second-order valence-corrected chi connectivity index (χ2v) is 4.99. The number of aldehydes is 1. The molecule has 0 atom stereocenters. The number of carbonyl (C=O) groups is 1. The molecule has 0 radical (unpaired) electrons. The molecule has 0 saturated carbocycles. The molecule has 1 aromatic heterocycles. The van der Waals surface area contributed by atoms with E-state index in [0.29, 0.717) is 12.1 Å². The zero-order valence-corrected chi connectivity index (χ0v) is 11.9. The van der Waals surface area contributed by atoms with Crippen molar-refractivity contribution in [1.82, 2.24) is 9.55 Å². The maximum Gasteiger partial charge on any atom is 0.150 e. The SMILES string of the molecule is CN(Cc1nccn1C)c1ccc(C=O)cc1Br. The number of rotatable bonds is 4. The molecule has 94 valence electrons. The summed E-state index contributed by atoms with van der Waals surface area (Å²) in [6, 6.07) is 5.55. The van der Waals surface area contributed by atoms with Crippen molar-refractivity contribution in [1.29, 1.82) is 0 Å². The van der Waals surface area contributed by atoms with Crippen LogP contribution in [0.3, 0.4) is 0 Å². The average molecular weight is 308 g/mol. The van der Waals surface area contributed by atoms with Gasteiger partial charge < -0.3 is 9.47 Å². The molecule has 5 heteroatoms. The molecule has 1 heterocycles. The molecule has 0 saturated heterocycles. The predicted octanol–water partition coefficient (Wildman–Crippen LogP) is 2.63. The third-order valence-corrected chi connectivity index (χ3v) is 3.45. The fraction of sp³-hybridized carbons (Fsp3) is 0.231. The number of halogens is 1. The van der Waals surface area contributed by atoms with Gasteiger partial charge in [-0.05, 0) is 34.1 Å². The van der Waals surface area contributed by atoms with E-state index in [1.807, 2.05) is 43.1 Å². The van der Waals surface area contributed by atoms with Gasteiger partial charge in [0.1, 0.15) is 12.1 Å². The topological polar surface area (TPSA) is 38.1 Å². The maximum absolute atomic E-state index is 10.7. The van der Waals surface area contributed by atoms with Crippen molar-refractivity contribution < 1.29 is 4.79 Å². The summed E-state index contributed by atoms with van der Waals surface area (Å²) in [4.78, 5) is 17.1. The number of hydrogen-bond donors (Lipinski definition) is 0. The largest absolute Gasteiger partial charge is 0.366 e. The summed E-state index contributed by atoms with van der Waals surface area (Å²) in [6.45, 7) is 0.711. The molecule has 0 aliphatic heterocycles. The Morgan fingerprint density at radius 3 is 2.83 bits per heavy atom. The van der Waals surface area contributed by atoms with E-state index in [4.69, 9.17) is 0 Å². The quantitative estimate of drug-likeness (QED) is 0.815. The van der Waals surface area contributed by atoms with Gasteiger partial charge in [0.2, 0.25) is 0 Å². The zero-order chi connectivity index (χ0) is 13.1. The highest BCUT2D eigenvalue weighted by Gasteiger charge is 2.09. The van der Waals surface area contributed by atoms with Crippen molar-refractivity contribution in [2.75, 3.05) is 11.9 Å². The van der Waals surface area contributed by atoms with E-state index in [2.05, 4.69) is 25.8 Å². The lowest BCUT2D eigenvalue weighted by molar-refractivity contribution is 0.112.